The maximum Gasteiger partial charge on any atom is 0.481 e. The van der Waals surface area contributed by atoms with Gasteiger partial charge in [-0.2, -0.15) is 0 Å². The molecule has 4 N–H and O–H groups in total. The number of nitrogens with zero attached hydrogens (tertiary/aromatic N) is 2. The number of guanidine groups is 1. The molecule has 1 amide bonds. The fourth-order valence-electron chi connectivity index (χ4n) is 7.88. The Hall–Kier alpha value is -3.32. The van der Waals surface area contributed by atoms with Crippen LogP contribution in [0.25, 0.3) is 0 Å². The van der Waals surface area contributed by atoms with E-state index in [1.54, 1.807) is 5.43 Å². The standard InChI is InChI=1S/C34H52BN5O7/c1-22(2)17-30(35-46-29-21-25-20-28(33(25,3)4)34(29,5)47-35)38-31(43)24(13-10-16-37-32(36)39-40(44)45)19-27(42)15-9-14-26(41)18-23-11-7-6-8-12-23/h6-8,11-12,22,24-25,28-30H,9-10,13-21H2,1-5H3,(H,38,43)(H3,36,37,39)/t24-,25+,28+,29-,30+,34+/m1/s1. The van der Waals surface area contributed by atoms with Gasteiger partial charge in [0.05, 0.1) is 17.6 Å². The number of Topliss-reactive ketones (excluding diaryl/α,β-unsaturated/α-hetero) is 2. The summed E-state index contributed by atoms with van der Waals surface area (Å²) in [5, 5.41) is 13.0. The van der Waals surface area contributed by atoms with Crippen LogP contribution in [0.15, 0.2) is 35.3 Å². The Labute approximate surface area is 278 Å². The van der Waals surface area contributed by atoms with Crippen molar-refractivity contribution in [2.24, 2.45) is 39.8 Å². The lowest BCUT2D eigenvalue weighted by molar-refractivity contribution is -0.525. The number of nitrogens with two attached hydrogens (primary N) is 1. The molecule has 1 aromatic carbocycles. The van der Waals surface area contributed by atoms with Crippen molar-refractivity contribution in [3.05, 3.63) is 46.0 Å². The van der Waals surface area contributed by atoms with Crippen LogP contribution in [0.1, 0.15) is 98.0 Å². The average Bonchev–Trinajstić information content (AvgIpc) is 3.35. The molecule has 3 aliphatic carbocycles. The van der Waals surface area contributed by atoms with Gasteiger partial charge in [-0.05, 0) is 74.2 Å². The third-order valence-electron chi connectivity index (χ3n) is 10.5. The highest BCUT2D eigenvalue weighted by Gasteiger charge is 2.68. The van der Waals surface area contributed by atoms with E-state index in [9.17, 15) is 24.5 Å². The second-order valence-corrected chi connectivity index (χ2v) is 14.9. The lowest BCUT2D eigenvalue weighted by atomic mass is 9.43. The van der Waals surface area contributed by atoms with E-state index in [1.807, 2.05) is 30.3 Å². The predicted molar refractivity (Wildman–Crippen MR) is 179 cm³/mol. The van der Waals surface area contributed by atoms with Gasteiger partial charge in [-0.25, -0.2) is 15.1 Å². The summed E-state index contributed by atoms with van der Waals surface area (Å²) < 4.78 is 13.2. The summed E-state index contributed by atoms with van der Waals surface area (Å²) >= 11 is 0. The summed E-state index contributed by atoms with van der Waals surface area (Å²) in [6, 6.07) is 9.50. The van der Waals surface area contributed by atoms with E-state index in [4.69, 9.17) is 15.0 Å². The van der Waals surface area contributed by atoms with Gasteiger partial charge >= 0.3 is 7.12 Å². The Morgan fingerprint density at radius 2 is 1.81 bits per heavy atom. The quantitative estimate of drug-likeness (QED) is 0.0523. The van der Waals surface area contributed by atoms with Crippen molar-refractivity contribution in [1.29, 1.82) is 0 Å². The van der Waals surface area contributed by atoms with Crippen LogP contribution < -0.4 is 16.5 Å². The Morgan fingerprint density at radius 3 is 2.47 bits per heavy atom. The normalized spacial score (nSPS) is 25.8. The van der Waals surface area contributed by atoms with Crippen molar-refractivity contribution in [2.45, 2.75) is 116 Å². The molecule has 1 saturated heterocycles. The first-order valence-electron chi connectivity index (χ1n) is 17.1. The van der Waals surface area contributed by atoms with Gasteiger partial charge in [0.2, 0.25) is 5.91 Å². The Bertz CT molecular complexity index is 1310. The molecule has 5 rings (SSSR count). The SMILES string of the molecule is CC(C)C[C@H](NC(=O)[C@H](CCCN=C(N)N[N+](=O)[O-])CC(=O)CCCC(=O)Cc1ccccc1)B1O[C@@H]2C[C@@H]3C[C@@H](C3(C)C)[C@]2(C)O1. The summed E-state index contributed by atoms with van der Waals surface area (Å²) in [6.07, 6.45) is 4.68. The topological polar surface area (TPSA) is 175 Å². The van der Waals surface area contributed by atoms with Gasteiger partial charge in [0.1, 0.15) is 11.6 Å². The van der Waals surface area contributed by atoms with Crippen LogP contribution in [0.5, 0.6) is 0 Å². The molecule has 13 heteroatoms. The molecule has 12 nitrogen and oxygen atoms in total. The lowest BCUT2D eigenvalue weighted by Gasteiger charge is -2.64. The monoisotopic (exact) mass is 653 g/mol. The van der Waals surface area contributed by atoms with Crippen molar-refractivity contribution >= 4 is 30.6 Å². The third kappa shape index (κ3) is 9.40. The number of hydrogen-bond acceptors (Lipinski definition) is 8. The number of ketones is 2. The maximum atomic E-state index is 13.9. The molecule has 0 radical (unpaired) electrons. The van der Waals surface area contributed by atoms with Gasteiger partial charge in [-0.3, -0.25) is 14.4 Å². The zero-order valence-electron chi connectivity index (χ0n) is 28.5. The summed E-state index contributed by atoms with van der Waals surface area (Å²) in [4.78, 5) is 54.0. The van der Waals surface area contributed by atoms with E-state index < -0.39 is 29.6 Å². The fourth-order valence-corrected chi connectivity index (χ4v) is 7.88. The number of nitro groups is 1. The Morgan fingerprint density at radius 1 is 1.11 bits per heavy atom. The first kappa shape index (κ1) is 36.5. The Kier molecular flexibility index (Phi) is 12.2. The molecule has 0 aromatic heterocycles. The van der Waals surface area contributed by atoms with Gasteiger partial charge in [-0.15, -0.1) is 0 Å². The van der Waals surface area contributed by atoms with Crippen molar-refractivity contribution in [1.82, 2.24) is 10.7 Å². The molecule has 1 heterocycles. The minimum atomic E-state index is -0.790. The van der Waals surface area contributed by atoms with Gasteiger partial charge in [-0.1, -0.05) is 63.5 Å². The van der Waals surface area contributed by atoms with Crippen molar-refractivity contribution in [2.75, 3.05) is 6.54 Å². The molecule has 1 aromatic rings. The molecule has 0 unspecified atom stereocenters. The van der Waals surface area contributed by atoms with Crippen molar-refractivity contribution < 1.29 is 28.7 Å². The zero-order chi connectivity index (χ0) is 34.4. The van der Waals surface area contributed by atoms with Crippen LogP contribution in [0.2, 0.25) is 0 Å². The number of nitrogens with one attached hydrogen (secondary N) is 2. The molecule has 47 heavy (non-hydrogen) atoms. The van der Waals surface area contributed by atoms with Gasteiger partial charge in [0.15, 0.2) is 5.03 Å². The summed E-state index contributed by atoms with van der Waals surface area (Å²) in [5.74, 6) is -0.399. The smallest absolute Gasteiger partial charge is 0.404 e. The molecule has 4 fully saturated rings. The van der Waals surface area contributed by atoms with E-state index in [0.717, 1.165) is 18.4 Å². The van der Waals surface area contributed by atoms with Crippen LogP contribution in [0.4, 0.5) is 0 Å². The van der Waals surface area contributed by atoms with Gasteiger partial charge in [0, 0.05) is 38.1 Å². The van der Waals surface area contributed by atoms with E-state index >= 15 is 0 Å². The van der Waals surface area contributed by atoms with Crippen molar-refractivity contribution in [3.63, 3.8) is 0 Å². The van der Waals surface area contributed by atoms with E-state index in [0.29, 0.717) is 50.4 Å². The highest BCUT2D eigenvalue weighted by atomic mass is 16.7. The summed E-state index contributed by atoms with van der Waals surface area (Å²) in [5.41, 5.74) is 8.07. The minimum Gasteiger partial charge on any atom is -0.404 e. The fraction of sp³-hybridized carbons (Fsp3) is 0.706. The molecule has 1 aliphatic heterocycles. The molecule has 2 bridgehead atoms. The minimum absolute atomic E-state index is 0.0180. The van der Waals surface area contributed by atoms with Gasteiger partial charge in [0.25, 0.3) is 5.96 Å². The summed E-state index contributed by atoms with van der Waals surface area (Å²) in [7, 11) is -0.587. The lowest BCUT2D eigenvalue weighted by Crippen LogP contribution is -2.65. The molecular weight excluding hydrogens is 601 g/mol. The van der Waals surface area contributed by atoms with Crippen LogP contribution in [0.3, 0.4) is 0 Å². The first-order chi connectivity index (χ1) is 22.2. The zero-order valence-corrected chi connectivity index (χ0v) is 28.5. The summed E-state index contributed by atoms with van der Waals surface area (Å²) in [6.45, 7) is 11.1. The second kappa shape index (κ2) is 15.7. The number of benzene rings is 1. The van der Waals surface area contributed by atoms with Crippen LogP contribution in [-0.2, 0) is 30.1 Å². The Balaban J connectivity index is 1.38. The maximum absolute atomic E-state index is 13.9. The van der Waals surface area contributed by atoms with Crippen LogP contribution >= 0.6 is 0 Å². The molecule has 3 saturated carbocycles. The molecular formula is C34H52BN5O7. The van der Waals surface area contributed by atoms with E-state index in [1.165, 1.54) is 0 Å². The third-order valence-corrected chi connectivity index (χ3v) is 10.5. The second-order valence-electron chi connectivity index (χ2n) is 14.9. The number of hydrazine groups is 1. The average molecular weight is 654 g/mol. The molecule has 6 atom stereocenters. The highest BCUT2D eigenvalue weighted by molar-refractivity contribution is 6.47. The van der Waals surface area contributed by atoms with Gasteiger partial charge < -0.3 is 20.4 Å². The largest absolute Gasteiger partial charge is 0.481 e. The molecule has 0 spiro atoms. The number of carbonyl (C=O) groups is 3. The number of aliphatic imine (C=N–C) groups is 1. The van der Waals surface area contributed by atoms with E-state index in [2.05, 4.69) is 44.9 Å². The molecule has 4 aliphatic rings. The highest BCUT2D eigenvalue weighted by Crippen LogP contribution is 2.65. The predicted octanol–water partition coefficient (Wildman–Crippen LogP) is 4.22. The molecule has 258 valence electrons. The number of carbonyl (C=O) groups excluding carboxylic acids is 3. The number of rotatable bonds is 18. The van der Waals surface area contributed by atoms with E-state index in [-0.39, 0.29) is 60.3 Å². The number of amides is 1. The van der Waals surface area contributed by atoms with Crippen LogP contribution in [0, 0.1) is 39.2 Å². The number of hydrogen-bond donors (Lipinski definition) is 3. The van der Waals surface area contributed by atoms with Crippen LogP contribution in [-0.4, -0.2) is 59.8 Å². The first-order valence-corrected chi connectivity index (χ1v) is 17.1. The van der Waals surface area contributed by atoms with Crippen molar-refractivity contribution in [3.8, 4) is 0 Å².